The van der Waals surface area contributed by atoms with Crippen LogP contribution in [0.4, 0.5) is 11.4 Å². The smallest absolute Gasteiger partial charge is 0.238 e. The highest BCUT2D eigenvalue weighted by molar-refractivity contribution is 9.10. The Labute approximate surface area is 288 Å². The second kappa shape index (κ2) is 12.1. The van der Waals surface area contributed by atoms with Crippen LogP contribution in [-0.2, 0) is 19.2 Å². The van der Waals surface area contributed by atoms with Crippen molar-refractivity contribution in [2.75, 3.05) is 24.0 Å². The van der Waals surface area contributed by atoms with Crippen LogP contribution in [0.15, 0.2) is 87.3 Å². The summed E-state index contributed by atoms with van der Waals surface area (Å²) in [6, 6.07) is 17.4. The van der Waals surface area contributed by atoms with Gasteiger partial charge >= 0.3 is 0 Å². The first-order chi connectivity index (χ1) is 22.6. The molecule has 2 heterocycles. The van der Waals surface area contributed by atoms with Crippen molar-refractivity contribution in [2.24, 2.45) is 35.5 Å². The van der Waals surface area contributed by atoms with Gasteiger partial charge in [0.1, 0.15) is 0 Å². The van der Waals surface area contributed by atoms with E-state index in [2.05, 4.69) is 31.9 Å². The van der Waals surface area contributed by atoms with E-state index in [1.165, 1.54) is 24.0 Å². The van der Waals surface area contributed by atoms with Gasteiger partial charge in [-0.05, 0) is 85.0 Å². The molecule has 1 N–H and O–H groups in total. The van der Waals surface area contributed by atoms with Crippen molar-refractivity contribution in [2.45, 2.75) is 12.8 Å². The Morgan fingerprint density at radius 2 is 1.23 bits per heavy atom. The second-order valence-corrected chi connectivity index (χ2v) is 14.0. The van der Waals surface area contributed by atoms with Gasteiger partial charge in [-0.1, -0.05) is 55.7 Å². The molecule has 11 heteroatoms. The van der Waals surface area contributed by atoms with E-state index in [0.717, 1.165) is 14.5 Å². The molecule has 0 aromatic heterocycles. The molecule has 3 fully saturated rings. The topological polar surface area (TPSA) is 113 Å². The fourth-order valence-electron chi connectivity index (χ4n) is 7.76. The fourth-order valence-corrected chi connectivity index (χ4v) is 8.29. The first-order valence-electron chi connectivity index (χ1n) is 15.2. The highest BCUT2D eigenvalue weighted by Gasteiger charge is 2.61. The maximum atomic E-state index is 14.2. The van der Waals surface area contributed by atoms with E-state index in [4.69, 9.17) is 9.47 Å². The third-order valence-corrected chi connectivity index (χ3v) is 10.9. The highest BCUT2D eigenvalue weighted by Crippen LogP contribution is 2.56. The molecule has 4 amide bonds. The largest absolute Gasteiger partial charge is 0.502 e. The van der Waals surface area contributed by atoms with Gasteiger partial charge in [0.2, 0.25) is 29.4 Å². The van der Waals surface area contributed by atoms with Crippen molar-refractivity contribution >= 4 is 72.9 Å². The third-order valence-electron chi connectivity index (χ3n) is 9.87. The first-order valence-corrected chi connectivity index (χ1v) is 16.8. The summed E-state index contributed by atoms with van der Waals surface area (Å²) in [5, 5.41) is 10.4. The zero-order chi connectivity index (χ0) is 33.1. The second-order valence-electron chi connectivity index (χ2n) is 12.2. The van der Waals surface area contributed by atoms with Crippen LogP contribution in [0.5, 0.6) is 17.2 Å². The Kier molecular flexibility index (Phi) is 8.08. The number of halogens is 2. The van der Waals surface area contributed by atoms with Gasteiger partial charge < -0.3 is 14.6 Å². The Morgan fingerprint density at radius 1 is 0.723 bits per heavy atom. The van der Waals surface area contributed by atoms with E-state index in [1.54, 1.807) is 60.7 Å². The lowest BCUT2D eigenvalue weighted by Gasteiger charge is -2.42. The number of phenolic OH excluding ortho intramolecular Hbond substituents is 1. The number of fused-ring (bicyclic) bond motifs is 4. The van der Waals surface area contributed by atoms with Crippen LogP contribution in [0.2, 0.25) is 0 Å². The van der Waals surface area contributed by atoms with Gasteiger partial charge in [0.15, 0.2) is 11.5 Å². The van der Waals surface area contributed by atoms with Crippen molar-refractivity contribution in [3.05, 3.63) is 92.9 Å². The molecule has 6 unspecified atom stereocenters. The minimum absolute atomic E-state index is 0.132. The molecule has 0 bridgehead atoms. The fraction of sp³-hybridized carbons (Fsp3) is 0.278. The molecule has 4 aliphatic rings. The number of hydrogen-bond acceptors (Lipinski definition) is 7. The molecular weight excluding hydrogens is 732 g/mol. The lowest BCUT2D eigenvalue weighted by Crippen LogP contribution is -2.43. The lowest BCUT2D eigenvalue weighted by atomic mass is 9.58. The Hall–Kier alpha value is -4.22. The number of carbonyl (C=O) groups excluding carboxylic acids is 4. The van der Waals surface area contributed by atoms with Gasteiger partial charge in [-0.3, -0.25) is 29.0 Å². The highest BCUT2D eigenvalue weighted by atomic mass is 79.9. The van der Waals surface area contributed by atoms with Crippen molar-refractivity contribution in [1.82, 2.24) is 0 Å². The van der Waals surface area contributed by atoms with Crippen LogP contribution in [0.1, 0.15) is 18.4 Å². The molecule has 3 aromatic carbocycles. The minimum Gasteiger partial charge on any atom is -0.502 e. The number of aromatic hydroxyl groups is 1. The van der Waals surface area contributed by atoms with Gasteiger partial charge in [0, 0.05) is 14.9 Å². The summed E-state index contributed by atoms with van der Waals surface area (Å²) < 4.78 is 12.3. The number of rotatable bonds is 6. The van der Waals surface area contributed by atoms with E-state index in [0.29, 0.717) is 23.4 Å². The number of carbonyl (C=O) groups is 4. The van der Waals surface area contributed by atoms with Gasteiger partial charge in [-0.2, -0.15) is 0 Å². The quantitative estimate of drug-likeness (QED) is 0.225. The third kappa shape index (κ3) is 5.11. The minimum atomic E-state index is -0.697. The zero-order valence-electron chi connectivity index (χ0n) is 25.4. The predicted molar refractivity (Wildman–Crippen MR) is 182 cm³/mol. The molecule has 0 radical (unpaired) electrons. The molecule has 240 valence electrons. The number of allylic oxidation sites excluding steroid dienone is 3. The van der Waals surface area contributed by atoms with Gasteiger partial charge in [0.05, 0.1) is 49.3 Å². The Balaban J connectivity index is 1.31. The van der Waals surface area contributed by atoms with E-state index >= 15 is 0 Å². The van der Waals surface area contributed by atoms with Gasteiger partial charge in [0.25, 0.3) is 0 Å². The number of amides is 4. The number of phenols is 1. The molecule has 6 atom stereocenters. The van der Waals surface area contributed by atoms with E-state index in [-0.39, 0.29) is 47.3 Å². The summed E-state index contributed by atoms with van der Waals surface area (Å²) in [7, 11) is 2.89. The maximum Gasteiger partial charge on any atom is 0.238 e. The first kappa shape index (κ1) is 31.4. The van der Waals surface area contributed by atoms with Gasteiger partial charge in [-0.25, -0.2) is 0 Å². The summed E-state index contributed by atoms with van der Waals surface area (Å²) in [6.45, 7) is 0. The van der Waals surface area contributed by atoms with Crippen molar-refractivity contribution < 1.29 is 33.8 Å². The molecule has 7 rings (SSSR count). The molecule has 2 aliphatic heterocycles. The summed E-state index contributed by atoms with van der Waals surface area (Å²) in [5.41, 5.74) is 2.53. The average Bonchev–Trinajstić information content (AvgIpc) is 3.48. The number of anilines is 2. The number of nitrogens with zero attached hydrogens (tertiary/aromatic N) is 2. The number of benzene rings is 3. The number of imide groups is 2. The lowest BCUT2D eigenvalue weighted by molar-refractivity contribution is -0.126. The molecule has 1 saturated carbocycles. The van der Waals surface area contributed by atoms with Crippen LogP contribution in [0.25, 0.3) is 6.08 Å². The van der Waals surface area contributed by atoms with Crippen molar-refractivity contribution in [1.29, 1.82) is 0 Å². The zero-order valence-corrected chi connectivity index (χ0v) is 28.6. The molecule has 0 spiro atoms. The normalized spacial score (nSPS) is 26.8. The summed E-state index contributed by atoms with van der Waals surface area (Å²) in [4.78, 5) is 58.7. The van der Waals surface area contributed by atoms with Crippen LogP contribution >= 0.6 is 31.9 Å². The number of hydrogen-bond donors (Lipinski definition) is 1. The van der Waals surface area contributed by atoms with Crippen LogP contribution < -0.4 is 19.3 Å². The average molecular weight is 762 g/mol. The molecular formula is C36H30Br2N2O7. The Bertz CT molecular complexity index is 1850. The SMILES string of the molecule is COc1cc(C=CC2C3=CCC4C(=O)N(c5ccc(Br)cc5)C(=O)C4C3CC3C(=O)N(c4ccc(Br)cc4)C(=O)C23)cc(OC)c1O. The van der Waals surface area contributed by atoms with Crippen molar-refractivity contribution in [3.8, 4) is 17.2 Å². The summed E-state index contributed by atoms with van der Waals surface area (Å²) in [6.07, 6.45) is 6.36. The number of methoxy groups -OCH3 is 2. The maximum absolute atomic E-state index is 14.2. The molecule has 47 heavy (non-hydrogen) atoms. The summed E-state index contributed by atoms with van der Waals surface area (Å²) >= 11 is 6.84. The predicted octanol–water partition coefficient (Wildman–Crippen LogP) is 6.53. The molecule has 3 aromatic rings. The Morgan fingerprint density at radius 3 is 1.77 bits per heavy atom. The van der Waals surface area contributed by atoms with Crippen LogP contribution in [0, 0.1) is 35.5 Å². The summed E-state index contributed by atoms with van der Waals surface area (Å²) in [5.74, 6) is -4.35. The number of ether oxygens (including phenoxy) is 2. The van der Waals surface area contributed by atoms with E-state index < -0.39 is 35.5 Å². The van der Waals surface area contributed by atoms with Crippen molar-refractivity contribution in [3.63, 3.8) is 0 Å². The van der Waals surface area contributed by atoms with E-state index in [9.17, 15) is 24.3 Å². The van der Waals surface area contributed by atoms with E-state index in [1.807, 2.05) is 18.2 Å². The van der Waals surface area contributed by atoms with Crippen LogP contribution in [-0.4, -0.2) is 43.0 Å². The van der Waals surface area contributed by atoms with Crippen LogP contribution in [0.3, 0.4) is 0 Å². The molecule has 2 saturated heterocycles. The standard InChI is InChI=1S/C36H30Br2N2O7/c1-46-28-15-18(16-29(47-2)32(28)41)3-12-24-23-13-14-25-31(36(45)39(33(25)42)21-8-4-19(37)5-9-21)26(23)17-27-30(24)35(44)40(34(27)43)22-10-6-20(38)7-11-22/h3-13,15-16,24-27,30-31,41H,14,17H2,1-2H3. The monoisotopic (exact) mass is 760 g/mol. The molecule has 2 aliphatic carbocycles. The molecule has 9 nitrogen and oxygen atoms in total. The van der Waals surface area contributed by atoms with Gasteiger partial charge in [-0.15, -0.1) is 0 Å².